The average molecular weight is 302 g/mol. The first kappa shape index (κ1) is 14.7. The highest BCUT2D eigenvalue weighted by atomic mass is 19.1. The second-order valence-corrected chi connectivity index (χ2v) is 5.47. The van der Waals surface area contributed by atoms with Crippen LogP contribution in [0, 0.1) is 5.82 Å². The van der Waals surface area contributed by atoms with Crippen LogP contribution in [-0.4, -0.2) is 28.8 Å². The number of aryl methyl sites for hydroxylation is 1. The average Bonchev–Trinajstić information content (AvgIpc) is 3.17. The summed E-state index contributed by atoms with van der Waals surface area (Å²) in [5, 5.41) is 10.4. The minimum Gasteiger partial charge on any atom is -0.315 e. The molecule has 3 rings (SSSR count). The molecule has 0 unspecified atom stereocenters. The maximum Gasteiger partial charge on any atom is 0.225 e. The predicted molar refractivity (Wildman–Crippen MR) is 82.1 cm³/mol. The number of carbonyl (C=O) groups is 1. The third kappa shape index (κ3) is 3.51. The van der Waals surface area contributed by atoms with Gasteiger partial charge in [-0.1, -0.05) is 18.2 Å². The van der Waals surface area contributed by atoms with E-state index in [1.54, 1.807) is 24.3 Å². The van der Waals surface area contributed by atoms with Crippen LogP contribution in [0.5, 0.6) is 0 Å². The van der Waals surface area contributed by atoms with Crippen molar-refractivity contribution in [1.82, 2.24) is 15.1 Å². The molecular weight excluding hydrogens is 283 g/mol. The maximum atomic E-state index is 13.5. The number of benzene rings is 1. The van der Waals surface area contributed by atoms with E-state index >= 15 is 0 Å². The fourth-order valence-corrected chi connectivity index (χ4v) is 2.63. The van der Waals surface area contributed by atoms with Gasteiger partial charge in [0.15, 0.2) is 5.82 Å². The molecule has 22 heavy (non-hydrogen) atoms. The van der Waals surface area contributed by atoms with E-state index in [1.807, 2.05) is 10.9 Å². The summed E-state index contributed by atoms with van der Waals surface area (Å²) in [6, 6.07) is 8.66. The van der Waals surface area contributed by atoms with Crippen molar-refractivity contribution >= 4 is 11.7 Å². The molecule has 116 valence electrons. The van der Waals surface area contributed by atoms with Crippen LogP contribution in [-0.2, 0) is 11.2 Å². The molecule has 1 aliphatic heterocycles. The number of anilines is 1. The van der Waals surface area contributed by atoms with Gasteiger partial charge in [0.25, 0.3) is 0 Å². The van der Waals surface area contributed by atoms with Crippen molar-refractivity contribution < 1.29 is 9.18 Å². The largest absolute Gasteiger partial charge is 0.315 e. The molecule has 0 spiro atoms. The number of amides is 1. The fourth-order valence-electron chi connectivity index (χ4n) is 2.63. The number of rotatable bonds is 5. The van der Waals surface area contributed by atoms with Crippen LogP contribution in [0.2, 0.25) is 0 Å². The van der Waals surface area contributed by atoms with Gasteiger partial charge in [-0.2, -0.15) is 5.10 Å². The zero-order valence-electron chi connectivity index (χ0n) is 12.3. The number of nitrogens with zero attached hydrogens (tertiary/aromatic N) is 2. The highest BCUT2D eigenvalue weighted by molar-refractivity contribution is 5.89. The Labute approximate surface area is 128 Å². The number of hydrogen-bond donors (Lipinski definition) is 2. The first-order valence-corrected chi connectivity index (χ1v) is 7.51. The summed E-state index contributed by atoms with van der Waals surface area (Å²) in [5.41, 5.74) is 0.556. The van der Waals surface area contributed by atoms with Crippen LogP contribution >= 0.6 is 0 Å². The minimum absolute atomic E-state index is 0.155. The number of aromatic nitrogens is 2. The Balaban J connectivity index is 1.52. The Bertz CT molecular complexity index is 649. The molecule has 2 heterocycles. The Hall–Kier alpha value is -2.21. The molecule has 0 bridgehead atoms. The summed E-state index contributed by atoms with van der Waals surface area (Å²) in [4.78, 5) is 11.9. The summed E-state index contributed by atoms with van der Waals surface area (Å²) < 4.78 is 15.4. The van der Waals surface area contributed by atoms with Crippen LogP contribution in [0.1, 0.15) is 24.4 Å². The zero-order chi connectivity index (χ0) is 15.4. The smallest absolute Gasteiger partial charge is 0.225 e. The summed E-state index contributed by atoms with van der Waals surface area (Å²) in [6.45, 7) is 1.90. The normalized spacial score (nSPS) is 17.6. The number of carbonyl (C=O) groups excluding carboxylic acids is 1. The topological polar surface area (TPSA) is 59.0 Å². The summed E-state index contributed by atoms with van der Waals surface area (Å²) in [7, 11) is 0. The number of nitrogens with one attached hydrogen (secondary N) is 2. The fraction of sp³-hybridized carbons (Fsp3) is 0.375. The minimum atomic E-state index is -0.270. The lowest BCUT2D eigenvalue weighted by molar-refractivity contribution is -0.116. The van der Waals surface area contributed by atoms with E-state index in [9.17, 15) is 9.18 Å². The summed E-state index contributed by atoms with van der Waals surface area (Å²) in [6.07, 6.45) is 3.54. The lowest BCUT2D eigenvalue weighted by atomic mass is 10.1. The van der Waals surface area contributed by atoms with Gasteiger partial charge in [-0.05, 0) is 31.0 Å². The highest BCUT2D eigenvalue weighted by Crippen LogP contribution is 2.16. The quantitative estimate of drug-likeness (QED) is 0.889. The SMILES string of the molecule is O=C(CCc1ccccc1F)Nc1ccn([C@@H]2CCNC2)n1. The standard InChI is InChI=1S/C16H19FN4O/c17-14-4-2-1-3-12(14)5-6-16(22)19-15-8-10-21(20-15)13-7-9-18-11-13/h1-4,8,10,13,18H,5-7,9,11H2,(H,19,20,22)/t13-/m1/s1. The van der Waals surface area contributed by atoms with Crippen LogP contribution in [0.4, 0.5) is 10.2 Å². The van der Waals surface area contributed by atoms with Gasteiger partial charge >= 0.3 is 0 Å². The molecule has 1 aromatic carbocycles. The molecule has 0 aliphatic carbocycles. The molecule has 1 saturated heterocycles. The van der Waals surface area contributed by atoms with E-state index in [4.69, 9.17) is 0 Å². The molecule has 0 saturated carbocycles. The Morgan fingerprint density at radius 1 is 1.41 bits per heavy atom. The van der Waals surface area contributed by atoms with Gasteiger partial charge in [-0.3, -0.25) is 9.48 Å². The molecule has 0 radical (unpaired) electrons. The Morgan fingerprint density at radius 3 is 3.05 bits per heavy atom. The highest BCUT2D eigenvalue weighted by Gasteiger charge is 2.17. The van der Waals surface area contributed by atoms with E-state index in [0.717, 1.165) is 19.5 Å². The monoisotopic (exact) mass is 302 g/mol. The Kier molecular flexibility index (Phi) is 4.48. The molecule has 6 heteroatoms. The molecule has 2 aromatic rings. The van der Waals surface area contributed by atoms with Crippen LogP contribution in [0.3, 0.4) is 0 Å². The first-order chi connectivity index (χ1) is 10.7. The zero-order valence-corrected chi connectivity index (χ0v) is 12.3. The van der Waals surface area contributed by atoms with Crippen LogP contribution < -0.4 is 10.6 Å². The molecule has 1 atom stereocenters. The van der Waals surface area contributed by atoms with Crippen molar-refractivity contribution in [2.24, 2.45) is 0 Å². The third-order valence-electron chi connectivity index (χ3n) is 3.86. The van der Waals surface area contributed by atoms with Crippen molar-refractivity contribution in [1.29, 1.82) is 0 Å². The molecule has 1 aliphatic rings. The van der Waals surface area contributed by atoms with Gasteiger partial charge < -0.3 is 10.6 Å². The van der Waals surface area contributed by atoms with Crippen molar-refractivity contribution in [2.45, 2.75) is 25.3 Å². The van der Waals surface area contributed by atoms with E-state index < -0.39 is 0 Å². The van der Waals surface area contributed by atoms with Crippen LogP contribution in [0.15, 0.2) is 36.5 Å². The molecule has 1 amide bonds. The predicted octanol–water partition coefficient (Wildman–Crippen LogP) is 2.13. The first-order valence-electron chi connectivity index (χ1n) is 7.51. The summed E-state index contributed by atoms with van der Waals surface area (Å²) in [5.74, 6) is 0.122. The van der Waals surface area contributed by atoms with Crippen molar-refractivity contribution in [3.8, 4) is 0 Å². The van der Waals surface area contributed by atoms with Gasteiger partial charge in [0.05, 0.1) is 6.04 Å². The van der Waals surface area contributed by atoms with Gasteiger partial charge in [0, 0.05) is 25.2 Å². The van der Waals surface area contributed by atoms with E-state index in [-0.39, 0.29) is 18.1 Å². The second kappa shape index (κ2) is 6.70. The molecule has 1 fully saturated rings. The van der Waals surface area contributed by atoms with Gasteiger partial charge in [0.1, 0.15) is 5.82 Å². The lowest BCUT2D eigenvalue weighted by Crippen LogP contribution is -2.16. The number of halogens is 1. The molecule has 5 nitrogen and oxygen atoms in total. The van der Waals surface area contributed by atoms with Crippen LogP contribution in [0.25, 0.3) is 0 Å². The van der Waals surface area contributed by atoms with Gasteiger partial charge in [0.2, 0.25) is 5.91 Å². The third-order valence-corrected chi connectivity index (χ3v) is 3.86. The lowest BCUT2D eigenvalue weighted by Gasteiger charge is -2.08. The summed E-state index contributed by atoms with van der Waals surface area (Å²) >= 11 is 0. The van der Waals surface area contributed by atoms with E-state index in [0.29, 0.717) is 23.8 Å². The number of hydrogen-bond acceptors (Lipinski definition) is 3. The molecule has 1 aromatic heterocycles. The Morgan fingerprint density at radius 2 is 2.27 bits per heavy atom. The molecular formula is C16H19FN4O. The second-order valence-electron chi connectivity index (χ2n) is 5.47. The maximum absolute atomic E-state index is 13.5. The molecule has 2 N–H and O–H groups in total. The van der Waals surface area contributed by atoms with E-state index in [1.165, 1.54) is 6.07 Å². The van der Waals surface area contributed by atoms with Gasteiger partial charge in [-0.25, -0.2) is 4.39 Å². The van der Waals surface area contributed by atoms with E-state index in [2.05, 4.69) is 15.7 Å². The van der Waals surface area contributed by atoms with Crippen molar-refractivity contribution in [3.63, 3.8) is 0 Å². The van der Waals surface area contributed by atoms with Crippen molar-refractivity contribution in [2.75, 3.05) is 18.4 Å². The van der Waals surface area contributed by atoms with Crippen molar-refractivity contribution in [3.05, 3.63) is 47.9 Å². The van der Waals surface area contributed by atoms with Gasteiger partial charge in [-0.15, -0.1) is 0 Å².